The van der Waals surface area contributed by atoms with Crippen LogP contribution in [-0.2, 0) is 34.2 Å². The molecule has 3 heterocycles. The average molecular weight is 576 g/mol. The highest BCUT2D eigenvalue weighted by atomic mass is 35.5. The van der Waals surface area contributed by atoms with Crippen LogP contribution in [-0.4, -0.2) is 50.5 Å². The van der Waals surface area contributed by atoms with Gasteiger partial charge in [-0.2, -0.15) is 0 Å². The number of piperidine rings is 1. The summed E-state index contributed by atoms with van der Waals surface area (Å²) < 4.78 is 5.51. The van der Waals surface area contributed by atoms with Crippen LogP contribution in [0.5, 0.6) is 0 Å². The highest BCUT2D eigenvalue weighted by Crippen LogP contribution is 2.49. The van der Waals surface area contributed by atoms with Gasteiger partial charge in [0, 0.05) is 43.5 Å². The van der Waals surface area contributed by atoms with Crippen LogP contribution >= 0.6 is 11.6 Å². The molecule has 5 rings (SSSR count). The maximum Gasteiger partial charge on any atom is 0.410 e. The molecule has 2 aromatic heterocycles. The molecule has 2 aliphatic rings. The molecule has 0 unspecified atom stereocenters. The zero-order chi connectivity index (χ0) is 29.2. The van der Waals surface area contributed by atoms with Gasteiger partial charge in [0.1, 0.15) is 11.4 Å². The minimum atomic E-state index is -0.522. The first kappa shape index (κ1) is 29.0. The number of rotatable bonds is 8. The number of ether oxygens (including phenoxy) is 1. The van der Waals surface area contributed by atoms with E-state index < -0.39 is 11.0 Å². The molecule has 216 valence electrons. The highest BCUT2D eigenvalue weighted by molar-refractivity contribution is 6.31. The third-order valence-electron chi connectivity index (χ3n) is 8.03. The Labute approximate surface area is 246 Å². The van der Waals surface area contributed by atoms with Crippen molar-refractivity contribution in [2.45, 2.75) is 82.7 Å². The smallest absolute Gasteiger partial charge is 0.410 e. The van der Waals surface area contributed by atoms with Gasteiger partial charge in [0.25, 0.3) is 0 Å². The van der Waals surface area contributed by atoms with Crippen LogP contribution in [0.1, 0.15) is 86.3 Å². The molecule has 2 amide bonds. The summed E-state index contributed by atoms with van der Waals surface area (Å²) in [5, 5.41) is 0.536. The van der Waals surface area contributed by atoms with Crippen LogP contribution in [0.2, 0.25) is 5.02 Å². The Morgan fingerprint density at radius 1 is 1.05 bits per heavy atom. The number of aromatic nitrogens is 3. The van der Waals surface area contributed by atoms with Gasteiger partial charge in [-0.1, -0.05) is 41.9 Å². The van der Waals surface area contributed by atoms with Crippen LogP contribution in [0.15, 0.2) is 48.8 Å². The predicted octanol–water partition coefficient (Wildman–Crippen LogP) is 5.53. The van der Waals surface area contributed by atoms with Gasteiger partial charge in [0.05, 0.1) is 16.1 Å². The Morgan fingerprint density at radius 2 is 1.78 bits per heavy atom. The molecule has 1 aliphatic heterocycles. The summed E-state index contributed by atoms with van der Waals surface area (Å²) in [4.78, 5) is 40.3. The largest absolute Gasteiger partial charge is 0.444 e. The van der Waals surface area contributed by atoms with Gasteiger partial charge in [-0.05, 0) is 82.1 Å². The normalized spacial score (nSPS) is 16.8. The zero-order valence-corrected chi connectivity index (χ0v) is 24.8. The molecule has 0 spiro atoms. The number of benzene rings is 1. The minimum absolute atomic E-state index is 0.247. The summed E-state index contributed by atoms with van der Waals surface area (Å²) in [5.74, 6) is 0.750. The van der Waals surface area contributed by atoms with Crippen LogP contribution in [0.3, 0.4) is 0 Å². The monoisotopic (exact) mass is 575 g/mol. The molecule has 0 bridgehead atoms. The minimum Gasteiger partial charge on any atom is -0.444 e. The van der Waals surface area contributed by atoms with Crippen molar-refractivity contribution in [1.29, 1.82) is 0 Å². The van der Waals surface area contributed by atoms with E-state index >= 15 is 0 Å². The summed E-state index contributed by atoms with van der Waals surface area (Å²) in [6.07, 6.45) is 8.53. The van der Waals surface area contributed by atoms with E-state index in [1.165, 1.54) is 0 Å². The van der Waals surface area contributed by atoms with Crippen molar-refractivity contribution in [2.24, 2.45) is 5.73 Å². The van der Waals surface area contributed by atoms with Crippen molar-refractivity contribution in [2.75, 3.05) is 13.1 Å². The number of nitrogens with zero attached hydrogens (tertiary/aromatic N) is 4. The lowest BCUT2D eigenvalue weighted by atomic mass is 9.88. The number of pyridine rings is 1. The fourth-order valence-corrected chi connectivity index (χ4v) is 5.77. The van der Waals surface area contributed by atoms with Gasteiger partial charge in [-0.25, -0.2) is 14.8 Å². The molecule has 9 heteroatoms. The second-order valence-corrected chi connectivity index (χ2v) is 12.6. The van der Waals surface area contributed by atoms with Crippen molar-refractivity contribution < 1.29 is 14.3 Å². The van der Waals surface area contributed by atoms with E-state index in [2.05, 4.69) is 23.2 Å². The van der Waals surface area contributed by atoms with E-state index in [4.69, 9.17) is 32.0 Å². The van der Waals surface area contributed by atoms with Crippen LogP contribution in [0.4, 0.5) is 4.79 Å². The van der Waals surface area contributed by atoms with E-state index in [9.17, 15) is 9.59 Å². The zero-order valence-electron chi connectivity index (χ0n) is 24.0. The summed E-state index contributed by atoms with van der Waals surface area (Å²) in [5.41, 5.74) is 9.72. The molecule has 1 saturated carbocycles. The van der Waals surface area contributed by atoms with Crippen LogP contribution in [0, 0.1) is 0 Å². The first-order chi connectivity index (χ1) is 19.5. The van der Waals surface area contributed by atoms with E-state index in [0.29, 0.717) is 49.1 Å². The van der Waals surface area contributed by atoms with Gasteiger partial charge in [-0.3, -0.25) is 9.78 Å². The maximum absolute atomic E-state index is 12.4. The number of hydrogen-bond donors (Lipinski definition) is 1. The van der Waals surface area contributed by atoms with Crippen LogP contribution < -0.4 is 5.73 Å². The molecule has 0 atom stereocenters. The Morgan fingerprint density at radius 3 is 2.41 bits per heavy atom. The number of carbonyl (C=O) groups is 2. The molecule has 2 fully saturated rings. The molecule has 0 radical (unpaired) electrons. The number of likely N-dealkylation sites (tertiary alicyclic amines) is 1. The van der Waals surface area contributed by atoms with E-state index in [1.807, 2.05) is 45.2 Å². The van der Waals surface area contributed by atoms with Crippen molar-refractivity contribution >= 4 is 23.6 Å². The third-order valence-corrected chi connectivity index (χ3v) is 8.34. The fraction of sp³-hybridized carbons (Fsp3) is 0.469. The Bertz CT molecular complexity index is 1410. The Balaban J connectivity index is 1.19. The molecule has 1 saturated heterocycles. The molecule has 1 aliphatic carbocycles. The molecular weight excluding hydrogens is 538 g/mol. The molecule has 8 nitrogen and oxygen atoms in total. The van der Waals surface area contributed by atoms with Crippen LogP contribution in [0.25, 0.3) is 0 Å². The van der Waals surface area contributed by atoms with Crippen molar-refractivity contribution in [1.82, 2.24) is 19.9 Å². The van der Waals surface area contributed by atoms with Gasteiger partial charge < -0.3 is 15.4 Å². The molecule has 3 aromatic rings. The topological polar surface area (TPSA) is 111 Å². The molecule has 2 N–H and O–H groups in total. The fourth-order valence-electron chi connectivity index (χ4n) is 5.58. The SMILES string of the molecule is CC(C)(C)OC(=O)N1CCC(c2ccc(Cc3ncc(Cl)c(CCc4ccccc4C4(C(N)=O)CC4)n3)cn2)CC1. The molecule has 41 heavy (non-hydrogen) atoms. The molecule has 1 aromatic carbocycles. The second kappa shape index (κ2) is 11.8. The van der Waals surface area contributed by atoms with Gasteiger partial charge in [0.15, 0.2) is 0 Å². The second-order valence-electron chi connectivity index (χ2n) is 12.2. The van der Waals surface area contributed by atoms with E-state index in [-0.39, 0.29) is 12.0 Å². The van der Waals surface area contributed by atoms with E-state index in [1.54, 1.807) is 11.1 Å². The first-order valence-corrected chi connectivity index (χ1v) is 14.7. The quantitative estimate of drug-likeness (QED) is 0.378. The first-order valence-electron chi connectivity index (χ1n) is 14.4. The highest BCUT2D eigenvalue weighted by Gasteiger charge is 2.50. The lowest BCUT2D eigenvalue weighted by molar-refractivity contribution is -0.120. The number of primary amides is 1. The van der Waals surface area contributed by atoms with Crippen molar-refractivity contribution in [3.05, 3.63) is 87.7 Å². The van der Waals surface area contributed by atoms with Gasteiger partial charge in [-0.15, -0.1) is 0 Å². The summed E-state index contributed by atoms with van der Waals surface area (Å²) in [7, 11) is 0. The summed E-state index contributed by atoms with van der Waals surface area (Å²) in [6.45, 7) is 6.98. The standard InChI is InChI=1S/C32H38ClN5O3/c1-31(2,3)41-30(40)38-16-12-23(13-17-38)26-10-8-21(19-35-26)18-28-36-20-25(33)27(37-28)11-9-22-6-4-5-7-24(22)32(14-15-32)29(34)39/h4-8,10,19-20,23H,9,11-18H2,1-3H3,(H2,34,39). The number of nitrogens with two attached hydrogens (primary N) is 1. The maximum atomic E-state index is 12.4. The van der Waals surface area contributed by atoms with Crippen molar-refractivity contribution in [3.63, 3.8) is 0 Å². The average Bonchev–Trinajstić information content (AvgIpc) is 3.76. The summed E-state index contributed by atoms with van der Waals surface area (Å²) in [6, 6.07) is 12.2. The van der Waals surface area contributed by atoms with E-state index in [0.717, 1.165) is 53.8 Å². The molecular formula is C32H38ClN5O3. The van der Waals surface area contributed by atoms with Crippen molar-refractivity contribution in [3.8, 4) is 0 Å². The number of amides is 2. The number of hydrogen-bond acceptors (Lipinski definition) is 6. The number of carbonyl (C=O) groups excluding carboxylic acids is 2. The Hall–Kier alpha value is -3.52. The number of halogens is 1. The number of aryl methyl sites for hydroxylation is 2. The lowest BCUT2D eigenvalue weighted by Crippen LogP contribution is -2.41. The lowest BCUT2D eigenvalue weighted by Gasteiger charge is -2.33. The predicted molar refractivity (Wildman–Crippen MR) is 158 cm³/mol. The van der Waals surface area contributed by atoms with Gasteiger partial charge >= 0.3 is 6.09 Å². The summed E-state index contributed by atoms with van der Waals surface area (Å²) >= 11 is 6.48. The van der Waals surface area contributed by atoms with Gasteiger partial charge in [0.2, 0.25) is 5.91 Å². The third kappa shape index (κ3) is 6.87. The Kier molecular flexibility index (Phi) is 8.32.